The van der Waals surface area contributed by atoms with Crippen LogP contribution in [0.25, 0.3) is 0 Å². The molecule has 0 aliphatic carbocycles. The quantitative estimate of drug-likeness (QED) is 0.623. The van der Waals surface area contributed by atoms with Crippen LogP contribution in [0.4, 0.5) is 5.69 Å². The summed E-state index contributed by atoms with van der Waals surface area (Å²) < 4.78 is 21.7. The topological polar surface area (TPSA) is 60.2 Å². The van der Waals surface area contributed by atoms with Crippen LogP contribution in [0.2, 0.25) is 0 Å². The molecule has 4 heteroatoms. The largest absolute Gasteiger partial charge is 0.399 e. The highest BCUT2D eigenvalue weighted by molar-refractivity contribution is 7.90. The van der Waals surface area contributed by atoms with Gasteiger partial charge in [0.05, 0.1) is 4.90 Å². The molecule has 1 rings (SSSR count). The molecular weight excluding hydrogens is 162 g/mol. The second-order valence-electron chi connectivity index (χ2n) is 2.26. The number of rotatable bonds is 1. The van der Waals surface area contributed by atoms with Crippen molar-refractivity contribution in [3.05, 3.63) is 24.3 Å². The van der Waals surface area contributed by atoms with E-state index in [1.54, 1.807) is 0 Å². The number of sulfone groups is 1. The third kappa shape index (κ3) is 1.94. The fourth-order valence-corrected chi connectivity index (χ4v) is 1.24. The molecular formula is C7H8NO2S. The molecule has 59 valence electrons. The molecule has 0 saturated heterocycles. The predicted molar refractivity (Wildman–Crippen MR) is 42.8 cm³/mol. The Kier molecular flexibility index (Phi) is 1.87. The van der Waals surface area contributed by atoms with Crippen LogP contribution in [0.15, 0.2) is 23.1 Å². The SMILES string of the molecule is CS(=O)(=O)c1[c]cc(N)cc1. The molecule has 2 N–H and O–H groups in total. The lowest BCUT2D eigenvalue weighted by atomic mass is 10.3. The molecule has 0 heterocycles. The molecule has 11 heavy (non-hydrogen) atoms. The van der Waals surface area contributed by atoms with E-state index in [2.05, 4.69) is 6.07 Å². The molecule has 0 aliphatic heterocycles. The molecule has 0 aliphatic rings. The number of benzene rings is 1. The standard InChI is InChI=1S/C7H8NO2S/c1-11(9,10)7-4-2-6(8)3-5-7/h2-4H,8H2,1H3. The van der Waals surface area contributed by atoms with Crippen LogP contribution in [0.5, 0.6) is 0 Å². The molecule has 1 aromatic rings. The number of hydrogen-bond donors (Lipinski definition) is 1. The Morgan fingerprint density at radius 1 is 1.45 bits per heavy atom. The van der Waals surface area contributed by atoms with Crippen molar-refractivity contribution in [3.63, 3.8) is 0 Å². The van der Waals surface area contributed by atoms with Gasteiger partial charge in [0.1, 0.15) is 0 Å². The number of nitrogens with two attached hydrogens (primary N) is 1. The summed E-state index contributed by atoms with van der Waals surface area (Å²) in [6.45, 7) is 0. The molecule has 0 unspecified atom stereocenters. The third-order valence-electron chi connectivity index (χ3n) is 1.21. The van der Waals surface area contributed by atoms with E-state index in [0.29, 0.717) is 5.69 Å². The van der Waals surface area contributed by atoms with Gasteiger partial charge >= 0.3 is 0 Å². The third-order valence-corrected chi connectivity index (χ3v) is 2.26. The minimum absolute atomic E-state index is 0.173. The monoisotopic (exact) mass is 170 g/mol. The number of nitrogen functional groups attached to an aromatic ring is 1. The van der Waals surface area contributed by atoms with Gasteiger partial charge in [-0.25, -0.2) is 8.42 Å². The highest BCUT2D eigenvalue weighted by Gasteiger charge is 2.04. The van der Waals surface area contributed by atoms with E-state index < -0.39 is 9.84 Å². The van der Waals surface area contributed by atoms with Crippen molar-refractivity contribution in [2.45, 2.75) is 4.90 Å². The Labute approximate surface area is 65.8 Å². The Hall–Kier alpha value is -1.03. The first-order valence-corrected chi connectivity index (χ1v) is 4.86. The fourth-order valence-electron chi connectivity index (χ4n) is 0.653. The first-order chi connectivity index (χ1) is 5.00. The Bertz CT molecular complexity index is 339. The van der Waals surface area contributed by atoms with Crippen LogP contribution in [-0.2, 0) is 9.84 Å². The van der Waals surface area contributed by atoms with Crippen molar-refractivity contribution in [1.29, 1.82) is 0 Å². The zero-order chi connectivity index (χ0) is 8.48. The van der Waals surface area contributed by atoms with Crippen LogP contribution >= 0.6 is 0 Å². The maximum Gasteiger partial charge on any atom is 0.176 e. The van der Waals surface area contributed by atoms with Crippen LogP contribution in [0.3, 0.4) is 0 Å². The van der Waals surface area contributed by atoms with Crippen molar-refractivity contribution in [2.24, 2.45) is 0 Å². The van der Waals surface area contributed by atoms with E-state index >= 15 is 0 Å². The van der Waals surface area contributed by atoms with Crippen molar-refractivity contribution >= 4 is 15.5 Å². The van der Waals surface area contributed by atoms with E-state index in [-0.39, 0.29) is 4.90 Å². The lowest BCUT2D eigenvalue weighted by Crippen LogP contribution is -1.97. The molecule has 0 aromatic heterocycles. The summed E-state index contributed by atoms with van der Waals surface area (Å²) in [5, 5.41) is 0. The summed E-state index contributed by atoms with van der Waals surface area (Å²) in [6.07, 6.45) is 1.13. The maximum atomic E-state index is 10.9. The molecule has 0 spiro atoms. The average Bonchev–Trinajstić information content (AvgIpc) is 1.86. The van der Waals surface area contributed by atoms with Crippen molar-refractivity contribution in [3.8, 4) is 0 Å². The first kappa shape index (κ1) is 8.07. The summed E-state index contributed by atoms with van der Waals surface area (Å²) in [5.41, 5.74) is 5.86. The molecule has 1 aromatic carbocycles. The fraction of sp³-hybridized carbons (Fsp3) is 0.143. The highest BCUT2D eigenvalue weighted by Crippen LogP contribution is 2.09. The number of hydrogen-bond acceptors (Lipinski definition) is 3. The van der Waals surface area contributed by atoms with E-state index in [0.717, 1.165) is 6.26 Å². The normalized spacial score (nSPS) is 11.4. The molecule has 0 atom stereocenters. The molecule has 0 amide bonds. The van der Waals surface area contributed by atoms with Crippen molar-refractivity contribution in [2.75, 3.05) is 12.0 Å². The second-order valence-corrected chi connectivity index (χ2v) is 4.24. The zero-order valence-corrected chi connectivity index (χ0v) is 6.85. The van der Waals surface area contributed by atoms with E-state index in [9.17, 15) is 8.42 Å². The average molecular weight is 170 g/mol. The summed E-state index contributed by atoms with van der Waals surface area (Å²) in [5.74, 6) is 0. The van der Waals surface area contributed by atoms with Gasteiger partial charge < -0.3 is 5.73 Å². The lowest BCUT2D eigenvalue weighted by Gasteiger charge is -1.96. The summed E-state index contributed by atoms with van der Waals surface area (Å²) in [4.78, 5) is 0.173. The van der Waals surface area contributed by atoms with Gasteiger partial charge in [0.25, 0.3) is 0 Å². The van der Waals surface area contributed by atoms with Gasteiger partial charge in [-0.3, -0.25) is 0 Å². The van der Waals surface area contributed by atoms with Crippen LogP contribution in [0.1, 0.15) is 0 Å². The zero-order valence-electron chi connectivity index (χ0n) is 6.03. The van der Waals surface area contributed by atoms with Gasteiger partial charge in [0.15, 0.2) is 9.84 Å². The summed E-state index contributed by atoms with van der Waals surface area (Å²) in [6, 6.07) is 6.97. The van der Waals surface area contributed by atoms with Gasteiger partial charge in [-0.2, -0.15) is 0 Å². The number of anilines is 1. The Morgan fingerprint density at radius 2 is 2.09 bits per heavy atom. The highest BCUT2D eigenvalue weighted by atomic mass is 32.2. The van der Waals surface area contributed by atoms with Gasteiger partial charge in [0.2, 0.25) is 0 Å². The van der Waals surface area contributed by atoms with Gasteiger partial charge in [0, 0.05) is 18.0 Å². The van der Waals surface area contributed by atoms with E-state index in [1.165, 1.54) is 18.2 Å². The Morgan fingerprint density at radius 3 is 2.45 bits per heavy atom. The molecule has 0 saturated carbocycles. The maximum absolute atomic E-state index is 10.9. The van der Waals surface area contributed by atoms with Crippen molar-refractivity contribution < 1.29 is 8.42 Å². The molecule has 3 nitrogen and oxygen atoms in total. The molecule has 0 bridgehead atoms. The predicted octanol–water partition coefficient (Wildman–Crippen LogP) is 0.472. The minimum Gasteiger partial charge on any atom is -0.399 e. The van der Waals surface area contributed by atoms with Crippen molar-refractivity contribution in [1.82, 2.24) is 0 Å². The van der Waals surface area contributed by atoms with Crippen LogP contribution < -0.4 is 5.73 Å². The second kappa shape index (κ2) is 2.54. The van der Waals surface area contributed by atoms with Gasteiger partial charge in [-0.1, -0.05) is 0 Å². The first-order valence-electron chi connectivity index (χ1n) is 2.97. The van der Waals surface area contributed by atoms with Gasteiger partial charge in [-0.05, 0) is 18.2 Å². The summed E-state index contributed by atoms with van der Waals surface area (Å²) >= 11 is 0. The lowest BCUT2D eigenvalue weighted by molar-refractivity contribution is 0.602. The Balaban J connectivity index is 3.20. The van der Waals surface area contributed by atoms with Crippen LogP contribution in [-0.4, -0.2) is 14.7 Å². The smallest absolute Gasteiger partial charge is 0.176 e. The van der Waals surface area contributed by atoms with E-state index in [1.807, 2.05) is 0 Å². The van der Waals surface area contributed by atoms with Gasteiger partial charge in [-0.15, -0.1) is 0 Å². The minimum atomic E-state index is -3.13. The molecule has 0 fully saturated rings. The molecule has 1 radical (unpaired) electrons. The summed E-state index contributed by atoms with van der Waals surface area (Å²) in [7, 11) is -3.13. The van der Waals surface area contributed by atoms with Crippen LogP contribution in [0, 0.1) is 6.07 Å². The van der Waals surface area contributed by atoms with E-state index in [4.69, 9.17) is 5.73 Å².